The van der Waals surface area contributed by atoms with Crippen molar-refractivity contribution in [1.29, 1.82) is 0 Å². The van der Waals surface area contributed by atoms with E-state index in [1.54, 1.807) is 49.4 Å². The summed E-state index contributed by atoms with van der Waals surface area (Å²) in [5, 5.41) is 8.62. The highest BCUT2D eigenvalue weighted by Crippen LogP contribution is 2.28. The molecule has 10 nitrogen and oxygen atoms in total. The van der Waals surface area contributed by atoms with E-state index in [1.165, 1.54) is 31.5 Å². The van der Waals surface area contributed by atoms with Gasteiger partial charge in [-0.1, -0.05) is 18.2 Å². The molecular weight excluding hydrogens is 483 g/mol. The fraction of sp³-hybridized carbons (Fsp3) is 0.154. The zero-order valence-electron chi connectivity index (χ0n) is 20.1. The molecule has 3 aromatic carbocycles. The van der Waals surface area contributed by atoms with Crippen molar-refractivity contribution in [2.45, 2.75) is 6.92 Å². The molecule has 0 radical (unpaired) electrons. The van der Waals surface area contributed by atoms with E-state index >= 15 is 0 Å². The highest BCUT2D eigenvalue weighted by molar-refractivity contribution is 6.39. The van der Waals surface area contributed by atoms with Crippen LogP contribution in [0.4, 0.5) is 15.8 Å². The minimum atomic E-state index is -1.08. The van der Waals surface area contributed by atoms with E-state index in [4.69, 9.17) is 14.2 Å². The molecule has 0 atom stereocenters. The van der Waals surface area contributed by atoms with Crippen LogP contribution in [0.15, 0.2) is 71.8 Å². The van der Waals surface area contributed by atoms with E-state index in [0.29, 0.717) is 35.1 Å². The van der Waals surface area contributed by atoms with Gasteiger partial charge in [0.15, 0.2) is 18.1 Å². The summed E-state index contributed by atoms with van der Waals surface area (Å²) in [5.74, 6) is -1.91. The molecule has 0 bridgehead atoms. The van der Waals surface area contributed by atoms with Crippen molar-refractivity contribution in [3.05, 3.63) is 78.1 Å². The molecule has 3 amide bonds. The first-order valence-corrected chi connectivity index (χ1v) is 11.1. The SMILES string of the molecule is CCOc1cc(/C=N\NC(=O)C(=O)Nc2ccccc2F)ccc1OCC(=O)Nc1cccc(OC)c1. The van der Waals surface area contributed by atoms with Crippen molar-refractivity contribution in [1.82, 2.24) is 5.43 Å². The van der Waals surface area contributed by atoms with Crippen molar-refractivity contribution >= 4 is 35.3 Å². The van der Waals surface area contributed by atoms with Gasteiger partial charge in [0.25, 0.3) is 5.91 Å². The van der Waals surface area contributed by atoms with Gasteiger partial charge in [0.1, 0.15) is 11.6 Å². The number of carbonyl (C=O) groups excluding carboxylic acids is 3. The molecule has 0 aliphatic heterocycles. The third-order valence-corrected chi connectivity index (χ3v) is 4.69. The van der Waals surface area contributed by atoms with Crippen molar-refractivity contribution in [3.8, 4) is 17.2 Å². The first-order chi connectivity index (χ1) is 17.9. The maximum absolute atomic E-state index is 13.6. The molecule has 0 aromatic heterocycles. The summed E-state index contributed by atoms with van der Waals surface area (Å²) >= 11 is 0. The topological polar surface area (TPSA) is 127 Å². The van der Waals surface area contributed by atoms with Crippen LogP contribution in [0, 0.1) is 5.82 Å². The van der Waals surface area contributed by atoms with Crippen LogP contribution >= 0.6 is 0 Å². The molecule has 3 aromatic rings. The van der Waals surface area contributed by atoms with Gasteiger partial charge in [-0.15, -0.1) is 0 Å². The van der Waals surface area contributed by atoms with Crippen LogP contribution in [-0.2, 0) is 14.4 Å². The zero-order valence-corrected chi connectivity index (χ0v) is 20.1. The first-order valence-electron chi connectivity index (χ1n) is 11.1. The van der Waals surface area contributed by atoms with E-state index in [9.17, 15) is 18.8 Å². The minimum Gasteiger partial charge on any atom is -0.497 e. The number of hydrazone groups is 1. The van der Waals surface area contributed by atoms with Gasteiger partial charge in [-0.25, -0.2) is 9.82 Å². The van der Waals surface area contributed by atoms with E-state index < -0.39 is 17.6 Å². The van der Waals surface area contributed by atoms with Gasteiger partial charge in [-0.3, -0.25) is 14.4 Å². The second kappa shape index (κ2) is 13.2. The molecule has 0 heterocycles. The molecule has 0 aliphatic rings. The molecule has 3 rings (SSSR count). The number of carbonyl (C=O) groups is 3. The Morgan fingerprint density at radius 3 is 2.49 bits per heavy atom. The van der Waals surface area contributed by atoms with Gasteiger partial charge in [-0.2, -0.15) is 5.10 Å². The average molecular weight is 509 g/mol. The minimum absolute atomic E-state index is 0.124. The third kappa shape index (κ3) is 8.06. The standard InChI is InChI=1S/C26H25FN4O6/c1-3-36-23-13-17(15-28-31-26(34)25(33)30-21-10-5-4-9-20(21)27)11-12-22(23)37-16-24(32)29-18-7-6-8-19(14-18)35-2/h4-15H,3,16H2,1-2H3,(H,29,32)(H,30,33)(H,31,34)/b28-15-. The summed E-state index contributed by atoms with van der Waals surface area (Å²) < 4.78 is 29.9. The van der Waals surface area contributed by atoms with Gasteiger partial charge >= 0.3 is 11.8 Å². The van der Waals surface area contributed by atoms with Crippen molar-refractivity contribution in [2.75, 3.05) is 31.0 Å². The predicted molar refractivity (Wildman–Crippen MR) is 135 cm³/mol. The highest BCUT2D eigenvalue weighted by atomic mass is 19.1. The van der Waals surface area contributed by atoms with Gasteiger partial charge in [0.05, 0.1) is 25.6 Å². The van der Waals surface area contributed by atoms with E-state index in [2.05, 4.69) is 21.2 Å². The van der Waals surface area contributed by atoms with Crippen molar-refractivity contribution < 1.29 is 33.0 Å². The Hall–Kier alpha value is -4.93. The number of hydrogen-bond donors (Lipinski definition) is 3. The second-order valence-electron chi connectivity index (χ2n) is 7.34. The van der Waals surface area contributed by atoms with E-state index in [-0.39, 0.29) is 18.2 Å². The maximum Gasteiger partial charge on any atom is 0.329 e. The molecule has 192 valence electrons. The van der Waals surface area contributed by atoms with Gasteiger partial charge < -0.3 is 24.8 Å². The number of methoxy groups -OCH3 is 1. The lowest BCUT2D eigenvalue weighted by Crippen LogP contribution is -2.32. The van der Waals surface area contributed by atoms with Crippen LogP contribution in [0.5, 0.6) is 17.2 Å². The molecule has 0 saturated carbocycles. The van der Waals surface area contributed by atoms with Crippen LogP contribution in [0.25, 0.3) is 0 Å². The number of benzene rings is 3. The number of nitrogens with zero attached hydrogens (tertiary/aromatic N) is 1. The molecular formula is C26H25FN4O6. The normalized spacial score (nSPS) is 10.5. The summed E-state index contributed by atoms with van der Waals surface area (Å²) in [7, 11) is 1.53. The lowest BCUT2D eigenvalue weighted by atomic mass is 10.2. The molecule has 0 saturated heterocycles. The summed E-state index contributed by atoms with van der Waals surface area (Å²) in [6.45, 7) is 1.85. The quantitative estimate of drug-likeness (QED) is 0.219. The lowest BCUT2D eigenvalue weighted by molar-refractivity contribution is -0.136. The smallest absolute Gasteiger partial charge is 0.329 e. The van der Waals surface area contributed by atoms with Crippen molar-refractivity contribution in [3.63, 3.8) is 0 Å². The van der Waals surface area contributed by atoms with Crippen LogP contribution in [-0.4, -0.2) is 44.3 Å². The maximum atomic E-state index is 13.6. The number of hydrogen-bond acceptors (Lipinski definition) is 7. The van der Waals surface area contributed by atoms with Gasteiger partial charge in [0.2, 0.25) is 0 Å². The number of amides is 3. The summed E-state index contributed by atoms with van der Waals surface area (Å²) in [5.41, 5.74) is 3.03. The molecule has 0 unspecified atom stereocenters. The number of para-hydroxylation sites is 1. The first kappa shape index (κ1) is 26.7. The third-order valence-electron chi connectivity index (χ3n) is 4.69. The molecule has 3 N–H and O–H groups in total. The molecule has 37 heavy (non-hydrogen) atoms. The number of halogens is 1. The largest absolute Gasteiger partial charge is 0.497 e. The molecule has 0 spiro atoms. The number of anilines is 2. The Kier molecular flexibility index (Phi) is 9.54. The number of nitrogens with one attached hydrogen (secondary N) is 3. The highest BCUT2D eigenvalue weighted by Gasteiger charge is 2.15. The summed E-state index contributed by atoms with van der Waals surface area (Å²) in [4.78, 5) is 36.1. The van der Waals surface area contributed by atoms with Gasteiger partial charge in [0, 0.05) is 11.8 Å². The summed E-state index contributed by atoms with van der Waals surface area (Å²) in [6, 6.07) is 17.2. The van der Waals surface area contributed by atoms with Crippen LogP contribution in [0.3, 0.4) is 0 Å². The number of rotatable bonds is 10. The monoisotopic (exact) mass is 508 g/mol. The Bertz CT molecular complexity index is 1300. The average Bonchev–Trinajstić information content (AvgIpc) is 2.89. The Morgan fingerprint density at radius 1 is 0.919 bits per heavy atom. The number of ether oxygens (including phenoxy) is 3. The predicted octanol–water partition coefficient (Wildman–Crippen LogP) is 3.34. The Balaban J connectivity index is 1.56. The zero-order chi connectivity index (χ0) is 26.6. The molecule has 0 fully saturated rings. The second-order valence-corrected chi connectivity index (χ2v) is 7.34. The van der Waals surface area contributed by atoms with Crippen LogP contribution in [0.2, 0.25) is 0 Å². The van der Waals surface area contributed by atoms with E-state index in [1.807, 2.05) is 0 Å². The lowest BCUT2D eigenvalue weighted by Gasteiger charge is -2.13. The fourth-order valence-electron chi connectivity index (χ4n) is 2.99. The summed E-state index contributed by atoms with van der Waals surface area (Å²) in [6.07, 6.45) is 1.29. The van der Waals surface area contributed by atoms with E-state index in [0.717, 1.165) is 6.07 Å². The fourth-order valence-corrected chi connectivity index (χ4v) is 2.99. The Labute approximate surface area is 212 Å². The van der Waals surface area contributed by atoms with Gasteiger partial charge in [-0.05, 0) is 55.0 Å². The Morgan fingerprint density at radius 2 is 1.73 bits per heavy atom. The molecule has 0 aliphatic carbocycles. The van der Waals surface area contributed by atoms with Crippen molar-refractivity contribution in [2.24, 2.45) is 5.10 Å². The van der Waals surface area contributed by atoms with Crippen LogP contribution < -0.4 is 30.3 Å². The molecule has 11 heteroatoms. The van der Waals surface area contributed by atoms with Crippen LogP contribution in [0.1, 0.15) is 12.5 Å².